The highest BCUT2D eigenvalue weighted by molar-refractivity contribution is 7.98. The van der Waals surface area contributed by atoms with Crippen LogP contribution >= 0.6 is 24.0 Å². The topological polar surface area (TPSA) is 63.4 Å². The molecule has 1 rings (SSSR count). The van der Waals surface area contributed by atoms with Gasteiger partial charge in [-0.15, -0.1) is 0 Å². The Balaban J connectivity index is 3.22. The fourth-order valence-electron chi connectivity index (χ4n) is 1.60. The number of hydrogen-bond donors (Lipinski definition) is 1. The molecule has 0 heterocycles. The molecule has 1 unspecified atom stereocenters. The number of halogens is 1. The van der Waals surface area contributed by atoms with Gasteiger partial charge in [0.25, 0.3) is 0 Å². The zero-order chi connectivity index (χ0) is 15.5. The second-order valence-corrected chi connectivity index (χ2v) is 7.68. The van der Waals surface area contributed by atoms with Gasteiger partial charge >= 0.3 is 0 Å². The lowest BCUT2D eigenvalue weighted by molar-refractivity contribution is 0.415. The van der Waals surface area contributed by atoms with E-state index in [1.54, 1.807) is 11.8 Å². The van der Waals surface area contributed by atoms with Crippen LogP contribution in [0.5, 0.6) is 0 Å². The zero-order valence-electron chi connectivity index (χ0n) is 11.5. The molecule has 8 heteroatoms. The summed E-state index contributed by atoms with van der Waals surface area (Å²) in [6.07, 6.45) is 1.90. The minimum absolute atomic E-state index is 0.0165. The Kier molecular flexibility index (Phi) is 5.93. The summed E-state index contributed by atoms with van der Waals surface area (Å²) in [6.45, 7) is 1.81. The third kappa shape index (κ3) is 3.69. The lowest BCUT2D eigenvalue weighted by Crippen LogP contribution is -2.36. The first-order valence-electron chi connectivity index (χ1n) is 5.78. The molecule has 112 valence electrons. The van der Waals surface area contributed by atoms with Gasteiger partial charge in [-0.05, 0) is 31.4 Å². The number of nitrogens with two attached hydrogens (primary N) is 1. The first kappa shape index (κ1) is 17.4. The van der Waals surface area contributed by atoms with E-state index in [2.05, 4.69) is 0 Å². The van der Waals surface area contributed by atoms with E-state index in [0.29, 0.717) is 5.75 Å². The largest absolute Gasteiger partial charge is 0.389 e. The van der Waals surface area contributed by atoms with Crippen LogP contribution in [0, 0.1) is 5.82 Å². The quantitative estimate of drug-likeness (QED) is 0.803. The summed E-state index contributed by atoms with van der Waals surface area (Å²) in [5, 5.41) is 0. The minimum atomic E-state index is -3.70. The van der Waals surface area contributed by atoms with Crippen molar-refractivity contribution in [3.63, 3.8) is 0 Å². The summed E-state index contributed by atoms with van der Waals surface area (Å²) in [7, 11) is -2.20. The first-order chi connectivity index (χ1) is 9.21. The van der Waals surface area contributed by atoms with Crippen LogP contribution in [0.1, 0.15) is 12.5 Å². The van der Waals surface area contributed by atoms with Gasteiger partial charge in [0.15, 0.2) is 0 Å². The Morgan fingerprint density at radius 1 is 1.55 bits per heavy atom. The molecule has 0 amide bonds. The van der Waals surface area contributed by atoms with E-state index in [9.17, 15) is 12.8 Å². The van der Waals surface area contributed by atoms with Crippen molar-refractivity contribution >= 4 is 39.0 Å². The number of thiocarbonyl (C=S) groups is 1. The minimum Gasteiger partial charge on any atom is -0.389 e. The van der Waals surface area contributed by atoms with Crippen molar-refractivity contribution in [1.82, 2.24) is 4.31 Å². The molecule has 0 saturated heterocycles. The molecule has 20 heavy (non-hydrogen) atoms. The summed E-state index contributed by atoms with van der Waals surface area (Å²) >= 11 is 6.27. The molecule has 0 aliphatic carbocycles. The SMILES string of the molecule is CSCC(C)N(C)S(=O)(=O)c1ccc(F)c(C(N)=S)c1. The van der Waals surface area contributed by atoms with E-state index in [4.69, 9.17) is 18.0 Å². The van der Waals surface area contributed by atoms with Crippen molar-refractivity contribution in [2.24, 2.45) is 5.73 Å². The van der Waals surface area contributed by atoms with Crippen LogP contribution < -0.4 is 5.73 Å². The molecule has 0 bridgehead atoms. The molecule has 0 radical (unpaired) electrons. The lowest BCUT2D eigenvalue weighted by atomic mass is 10.2. The molecule has 0 aromatic heterocycles. The van der Waals surface area contributed by atoms with Gasteiger partial charge < -0.3 is 5.73 Å². The predicted octanol–water partition coefficient (Wildman–Crippen LogP) is 1.83. The van der Waals surface area contributed by atoms with Crippen LogP contribution in [0.3, 0.4) is 0 Å². The van der Waals surface area contributed by atoms with E-state index in [1.807, 2.05) is 13.2 Å². The first-order valence-corrected chi connectivity index (χ1v) is 9.02. The normalized spacial score (nSPS) is 13.4. The third-order valence-corrected chi connectivity index (χ3v) is 5.91. The Hall–Kier alpha value is -0.700. The van der Waals surface area contributed by atoms with Crippen LogP contribution in [-0.2, 0) is 10.0 Å². The summed E-state index contributed by atoms with van der Waals surface area (Å²) in [5.41, 5.74) is 5.33. The van der Waals surface area contributed by atoms with Crippen LogP contribution in [0.4, 0.5) is 4.39 Å². The van der Waals surface area contributed by atoms with Crippen LogP contribution in [0.15, 0.2) is 23.1 Å². The molecular weight excluding hydrogens is 319 g/mol. The summed E-state index contributed by atoms with van der Waals surface area (Å²) in [4.78, 5) is -0.184. The van der Waals surface area contributed by atoms with Gasteiger partial charge in [0.1, 0.15) is 10.8 Å². The Labute approximate surface area is 128 Å². The Morgan fingerprint density at radius 2 is 2.15 bits per heavy atom. The summed E-state index contributed by atoms with van der Waals surface area (Å²) < 4.78 is 39.7. The highest BCUT2D eigenvalue weighted by Gasteiger charge is 2.26. The van der Waals surface area contributed by atoms with Crippen molar-refractivity contribution < 1.29 is 12.8 Å². The number of sulfonamides is 1. The molecule has 1 aromatic carbocycles. The number of nitrogens with zero attached hydrogens (tertiary/aromatic N) is 1. The molecule has 4 nitrogen and oxygen atoms in total. The Morgan fingerprint density at radius 3 is 2.65 bits per heavy atom. The monoisotopic (exact) mass is 336 g/mol. The highest BCUT2D eigenvalue weighted by Crippen LogP contribution is 2.20. The summed E-state index contributed by atoms with van der Waals surface area (Å²) in [6, 6.07) is 3.28. The van der Waals surface area contributed by atoms with E-state index in [1.165, 1.54) is 23.5 Å². The standard InChI is InChI=1S/C12H17FN2O2S3/c1-8(7-19-3)15(2)20(16,17)9-4-5-11(13)10(6-9)12(14)18/h4-6,8H,7H2,1-3H3,(H2,14,18). The van der Waals surface area contributed by atoms with E-state index < -0.39 is 15.8 Å². The van der Waals surface area contributed by atoms with Crippen molar-refractivity contribution in [2.75, 3.05) is 19.1 Å². The highest BCUT2D eigenvalue weighted by atomic mass is 32.2. The van der Waals surface area contributed by atoms with Crippen LogP contribution in [0.25, 0.3) is 0 Å². The number of hydrogen-bond acceptors (Lipinski definition) is 4. The number of thioether (sulfide) groups is 1. The van der Waals surface area contributed by atoms with Crippen molar-refractivity contribution in [3.05, 3.63) is 29.6 Å². The Bertz CT molecular complexity index is 605. The van der Waals surface area contributed by atoms with Gasteiger partial charge in [0, 0.05) is 24.4 Å². The van der Waals surface area contributed by atoms with Gasteiger partial charge in [-0.25, -0.2) is 12.8 Å². The maximum absolute atomic E-state index is 13.5. The third-order valence-electron chi connectivity index (χ3n) is 2.91. The van der Waals surface area contributed by atoms with E-state index >= 15 is 0 Å². The second kappa shape index (κ2) is 6.84. The molecule has 0 aliphatic rings. The van der Waals surface area contributed by atoms with E-state index in [-0.39, 0.29) is 21.5 Å². The predicted molar refractivity (Wildman–Crippen MR) is 85.1 cm³/mol. The fourth-order valence-corrected chi connectivity index (χ4v) is 3.95. The molecule has 0 saturated carbocycles. The van der Waals surface area contributed by atoms with Crippen molar-refractivity contribution in [3.8, 4) is 0 Å². The molecule has 0 spiro atoms. The van der Waals surface area contributed by atoms with Crippen molar-refractivity contribution in [2.45, 2.75) is 17.9 Å². The summed E-state index contributed by atoms with van der Waals surface area (Å²) in [5.74, 6) is 0.0373. The van der Waals surface area contributed by atoms with Gasteiger partial charge in [-0.3, -0.25) is 0 Å². The smallest absolute Gasteiger partial charge is 0.243 e. The lowest BCUT2D eigenvalue weighted by Gasteiger charge is -2.24. The van der Waals surface area contributed by atoms with Gasteiger partial charge in [-0.2, -0.15) is 16.1 Å². The van der Waals surface area contributed by atoms with Gasteiger partial charge in [-0.1, -0.05) is 12.2 Å². The number of benzene rings is 1. The molecule has 0 fully saturated rings. The molecule has 0 aliphatic heterocycles. The van der Waals surface area contributed by atoms with Gasteiger partial charge in [0.05, 0.1) is 4.90 Å². The molecule has 2 N–H and O–H groups in total. The second-order valence-electron chi connectivity index (χ2n) is 4.33. The molecule has 1 atom stereocenters. The zero-order valence-corrected chi connectivity index (χ0v) is 13.9. The molecule has 1 aromatic rings. The fraction of sp³-hybridized carbons (Fsp3) is 0.417. The van der Waals surface area contributed by atoms with E-state index in [0.717, 1.165) is 6.07 Å². The van der Waals surface area contributed by atoms with Crippen LogP contribution in [0.2, 0.25) is 0 Å². The maximum Gasteiger partial charge on any atom is 0.243 e. The van der Waals surface area contributed by atoms with Gasteiger partial charge in [0.2, 0.25) is 10.0 Å². The molecular formula is C12H17FN2O2S3. The maximum atomic E-state index is 13.5. The van der Waals surface area contributed by atoms with Crippen molar-refractivity contribution in [1.29, 1.82) is 0 Å². The average Bonchev–Trinajstić information content (AvgIpc) is 2.37. The number of rotatable bonds is 6. The van der Waals surface area contributed by atoms with Crippen LogP contribution in [-0.4, -0.2) is 42.8 Å². The average molecular weight is 336 g/mol.